The Labute approximate surface area is 195 Å². The first kappa shape index (κ1) is 22.5. The van der Waals surface area contributed by atoms with Crippen molar-refractivity contribution in [1.82, 2.24) is 10.6 Å². The number of thiocarbonyl (C=S) groups is 1. The molecule has 30 heavy (non-hydrogen) atoms. The molecule has 2 aromatic carbocycles. The zero-order valence-electron chi connectivity index (χ0n) is 16.7. The molecule has 3 rings (SSSR count). The van der Waals surface area contributed by atoms with E-state index in [9.17, 15) is 9.59 Å². The number of nitrogens with one attached hydrogen (secondary N) is 3. The van der Waals surface area contributed by atoms with Gasteiger partial charge in [0.05, 0.1) is 10.7 Å². The van der Waals surface area contributed by atoms with E-state index in [1.165, 1.54) is 19.3 Å². The monoisotopic (exact) mass is 537 g/mol. The Balaban J connectivity index is 1.53. The molecule has 1 aliphatic carbocycles. The third-order valence-corrected chi connectivity index (χ3v) is 6.03. The quantitative estimate of drug-likeness (QED) is 0.387. The molecular weight excluding hydrogens is 513 g/mol. The Bertz CT molecular complexity index is 928. The van der Waals surface area contributed by atoms with Crippen molar-refractivity contribution in [1.29, 1.82) is 0 Å². The molecule has 0 saturated heterocycles. The van der Waals surface area contributed by atoms with Gasteiger partial charge >= 0.3 is 0 Å². The maximum absolute atomic E-state index is 12.4. The van der Waals surface area contributed by atoms with E-state index in [2.05, 4.69) is 38.5 Å². The minimum absolute atomic E-state index is 0.0570. The van der Waals surface area contributed by atoms with Gasteiger partial charge in [-0.1, -0.05) is 19.3 Å². The minimum Gasteiger partial charge on any atom is -0.496 e. The standard InChI is InChI=1S/C22H24IN3O3S/c1-29-19-12-9-15(13-18(19)23)21(28)26-22(30)25-17-10-7-14(8-11-17)20(27)24-16-5-3-2-4-6-16/h7-13,16H,2-6H2,1H3,(H,24,27)(H2,25,26,28,30). The third-order valence-electron chi connectivity index (χ3n) is 4.99. The average molecular weight is 537 g/mol. The first-order valence-electron chi connectivity index (χ1n) is 9.83. The fraction of sp³-hybridized carbons (Fsp3) is 0.318. The summed E-state index contributed by atoms with van der Waals surface area (Å²) in [4.78, 5) is 24.8. The van der Waals surface area contributed by atoms with E-state index in [1.54, 1.807) is 49.6 Å². The van der Waals surface area contributed by atoms with Crippen LogP contribution in [0.25, 0.3) is 0 Å². The third kappa shape index (κ3) is 6.15. The minimum atomic E-state index is -0.309. The first-order valence-corrected chi connectivity index (χ1v) is 11.3. The second-order valence-electron chi connectivity index (χ2n) is 7.14. The summed E-state index contributed by atoms with van der Waals surface area (Å²) in [6.45, 7) is 0. The number of halogens is 1. The van der Waals surface area contributed by atoms with Gasteiger partial charge in [0, 0.05) is 22.9 Å². The van der Waals surface area contributed by atoms with Crippen molar-refractivity contribution in [3.8, 4) is 5.75 Å². The summed E-state index contributed by atoms with van der Waals surface area (Å²) in [5, 5.41) is 8.91. The van der Waals surface area contributed by atoms with E-state index < -0.39 is 0 Å². The Hall–Kier alpha value is -2.20. The summed E-state index contributed by atoms with van der Waals surface area (Å²) in [7, 11) is 1.58. The van der Waals surface area contributed by atoms with E-state index in [-0.39, 0.29) is 23.0 Å². The second kappa shape index (κ2) is 10.7. The number of anilines is 1. The molecule has 0 bridgehead atoms. The lowest BCUT2D eigenvalue weighted by Gasteiger charge is -2.22. The molecule has 158 valence electrons. The molecule has 1 aliphatic rings. The molecule has 2 aromatic rings. The number of hydrogen-bond acceptors (Lipinski definition) is 4. The van der Waals surface area contributed by atoms with Gasteiger partial charge in [-0.25, -0.2) is 0 Å². The van der Waals surface area contributed by atoms with E-state index in [4.69, 9.17) is 17.0 Å². The molecule has 3 N–H and O–H groups in total. The molecule has 0 spiro atoms. The number of carbonyl (C=O) groups excluding carboxylic acids is 2. The molecule has 0 atom stereocenters. The molecule has 2 amide bonds. The van der Waals surface area contributed by atoms with Crippen LogP contribution in [-0.2, 0) is 0 Å². The van der Waals surface area contributed by atoms with E-state index >= 15 is 0 Å². The van der Waals surface area contributed by atoms with Gasteiger partial charge in [0.15, 0.2) is 5.11 Å². The van der Waals surface area contributed by atoms with Gasteiger partial charge in [-0.05, 0) is 90.1 Å². The molecular formula is C22H24IN3O3S. The van der Waals surface area contributed by atoms with Crippen LogP contribution in [0.2, 0.25) is 0 Å². The average Bonchev–Trinajstić information content (AvgIpc) is 2.74. The lowest BCUT2D eigenvalue weighted by atomic mass is 9.95. The van der Waals surface area contributed by atoms with E-state index in [0.29, 0.717) is 22.6 Å². The van der Waals surface area contributed by atoms with Crippen molar-refractivity contribution in [2.24, 2.45) is 0 Å². The van der Waals surface area contributed by atoms with Gasteiger partial charge in [-0.2, -0.15) is 0 Å². The summed E-state index contributed by atoms with van der Waals surface area (Å²) in [6, 6.07) is 12.5. The van der Waals surface area contributed by atoms with Crippen LogP contribution in [0, 0.1) is 3.57 Å². The van der Waals surface area contributed by atoms with Crippen LogP contribution in [0.15, 0.2) is 42.5 Å². The summed E-state index contributed by atoms with van der Waals surface area (Å²) < 4.78 is 6.04. The van der Waals surface area contributed by atoms with Gasteiger partial charge in [-0.3, -0.25) is 14.9 Å². The Morgan fingerprint density at radius 2 is 1.67 bits per heavy atom. The number of benzene rings is 2. The highest BCUT2D eigenvalue weighted by Crippen LogP contribution is 2.21. The largest absolute Gasteiger partial charge is 0.496 e. The van der Waals surface area contributed by atoms with Crippen LogP contribution in [-0.4, -0.2) is 30.1 Å². The predicted octanol–water partition coefficient (Wildman–Crippen LogP) is 4.49. The molecule has 8 heteroatoms. The number of amides is 2. The summed E-state index contributed by atoms with van der Waals surface area (Å²) in [6.07, 6.45) is 5.69. The maximum atomic E-state index is 12.4. The van der Waals surface area contributed by atoms with Crippen molar-refractivity contribution in [2.45, 2.75) is 38.1 Å². The van der Waals surface area contributed by atoms with Crippen molar-refractivity contribution < 1.29 is 14.3 Å². The summed E-state index contributed by atoms with van der Waals surface area (Å²) in [5.74, 6) is 0.343. The van der Waals surface area contributed by atoms with Crippen LogP contribution in [0.4, 0.5) is 5.69 Å². The van der Waals surface area contributed by atoms with Crippen LogP contribution in [0.3, 0.4) is 0 Å². The molecule has 1 fully saturated rings. The van der Waals surface area contributed by atoms with Crippen molar-refractivity contribution in [3.63, 3.8) is 0 Å². The Morgan fingerprint density at radius 3 is 2.30 bits per heavy atom. The molecule has 0 unspecified atom stereocenters. The number of methoxy groups -OCH3 is 1. The predicted molar refractivity (Wildman–Crippen MR) is 130 cm³/mol. The van der Waals surface area contributed by atoms with Gasteiger partial charge < -0.3 is 15.4 Å². The molecule has 0 aliphatic heterocycles. The highest BCUT2D eigenvalue weighted by Gasteiger charge is 2.16. The number of hydrogen-bond donors (Lipinski definition) is 3. The molecule has 0 radical (unpaired) electrons. The van der Waals surface area contributed by atoms with Crippen LogP contribution in [0.1, 0.15) is 52.8 Å². The molecule has 6 nitrogen and oxygen atoms in total. The maximum Gasteiger partial charge on any atom is 0.257 e. The van der Waals surface area contributed by atoms with Gasteiger partial charge in [0.2, 0.25) is 0 Å². The molecule has 1 saturated carbocycles. The fourth-order valence-electron chi connectivity index (χ4n) is 3.37. The van der Waals surface area contributed by atoms with Crippen LogP contribution in [0.5, 0.6) is 5.75 Å². The smallest absolute Gasteiger partial charge is 0.257 e. The summed E-state index contributed by atoms with van der Waals surface area (Å²) in [5.41, 5.74) is 1.78. The molecule has 0 aromatic heterocycles. The van der Waals surface area contributed by atoms with Gasteiger partial charge in [-0.15, -0.1) is 0 Å². The first-order chi connectivity index (χ1) is 14.5. The van der Waals surface area contributed by atoms with Crippen LogP contribution < -0.4 is 20.7 Å². The topological polar surface area (TPSA) is 79.5 Å². The Kier molecular flexibility index (Phi) is 8.03. The lowest BCUT2D eigenvalue weighted by molar-refractivity contribution is 0.0926. The normalized spacial score (nSPS) is 13.9. The zero-order valence-corrected chi connectivity index (χ0v) is 19.6. The number of ether oxygens (including phenoxy) is 1. The van der Waals surface area contributed by atoms with Crippen molar-refractivity contribution in [3.05, 3.63) is 57.2 Å². The van der Waals surface area contributed by atoms with Crippen molar-refractivity contribution in [2.75, 3.05) is 12.4 Å². The van der Waals surface area contributed by atoms with E-state index in [0.717, 1.165) is 16.4 Å². The number of rotatable bonds is 5. The van der Waals surface area contributed by atoms with Gasteiger partial charge in [0.25, 0.3) is 11.8 Å². The lowest BCUT2D eigenvalue weighted by Crippen LogP contribution is -2.36. The SMILES string of the molecule is COc1ccc(C(=O)NC(=S)Nc2ccc(C(=O)NC3CCCCC3)cc2)cc1I. The van der Waals surface area contributed by atoms with E-state index in [1.807, 2.05) is 0 Å². The fourth-order valence-corrected chi connectivity index (χ4v) is 4.31. The van der Waals surface area contributed by atoms with Crippen molar-refractivity contribution >= 4 is 57.4 Å². The zero-order chi connectivity index (χ0) is 21.5. The van der Waals surface area contributed by atoms with Gasteiger partial charge in [0.1, 0.15) is 5.75 Å². The highest BCUT2D eigenvalue weighted by atomic mass is 127. The summed E-state index contributed by atoms with van der Waals surface area (Å²) >= 11 is 7.35. The Morgan fingerprint density at radius 1 is 1.00 bits per heavy atom. The van der Waals surface area contributed by atoms with Crippen LogP contribution >= 0.6 is 34.8 Å². The second-order valence-corrected chi connectivity index (χ2v) is 8.71. The highest BCUT2D eigenvalue weighted by molar-refractivity contribution is 14.1. The number of carbonyl (C=O) groups is 2. The molecule has 0 heterocycles.